The second kappa shape index (κ2) is 11.2. The highest BCUT2D eigenvalue weighted by atomic mass is 32.2. The molecule has 3 aromatic carbocycles. The number of nitrogens with zero attached hydrogens (tertiary/aromatic N) is 1. The van der Waals surface area contributed by atoms with Crippen molar-refractivity contribution in [3.8, 4) is 0 Å². The maximum Gasteiger partial charge on any atom is 0.331 e. The summed E-state index contributed by atoms with van der Waals surface area (Å²) in [4.78, 5) is 38.7. The van der Waals surface area contributed by atoms with Gasteiger partial charge >= 0.3 is 5.97 Å². The Kier molecular flexibility index (Phi) is 8.05. The summed E-state index contributed by atoms with van der Waals surface area (Å²) in [6, 6.07) is 26.1. The summed E-state index contributed by atoms with van der Waals surface area (Å²) in [6.45, 7) is 3.22. The summed E-state index contributed by atoms with van der Waals surface area (Å²) >= 11 is 1.42. The van der Waals surface area contributed by atoms with Crippen LogP contribution in [0.15, 0.2) is 101 Å². The first kappa shape index (κ1) is 23.8. The van der Waals surface area contributed by atoms with E-state index in [2.05, 4.69) is 5.32 Å². The van der Waals surface area contributed by atoms with Crippen molar-refractivity contribution in [3.05, 3.63) is 96.6 Å². The number of hydrogen-bond acceptors (Lipinski definition) is 4. The van der Waals surface area contributed by atoms with Crippen LogP contribution in [0.2, 0.25) is 0 Å². The SMILES string of the molecule is C/C(=C\C(=O)Nc1ccc(S[C@@H](C)C(=O)N(c2ccccc2)c2ccccc2)cc1)C(=O)O. The van der Waals surface area contributed by atoms with Crippen LogP contribution in [-0.2, 0) is 14.4 Å². The molecule has 0 aliphatic heterocycles. The Morgan fingerprint density at radius 1 is 0.879 bits per heavy atom. The number of aliphatic carboxylic acids is 1. The predicted molar refractivity (Wildman–Crippen MR) is 132 cm³/mol. The van der Waals surface area contributed by atoms with Gasteiger partial charge in [0.15, 0.2) is 0 Å². The lowest BCUT2D eigenvalue weighted by atomic mass is 10.2. The minimum atomic E-state index is -1.14. The van der Waals surface area contributed by atoms with Gasteiger partial charge in [0.05, 0.1) is 5.25 Å². The lowest BCUT2D eigenvalue weighted by molar-refractivity contribution is -0.132. The molecule has 0 spiro atoms. The van der Waals surface area contributed by atoms with Crippen molar-refractivity contribution in [2.45, 2.75) is 24.0 Å². The molecular weight excluding hydrogens is 436 g/mol. The molecule has 1 atom stereocenters. The lowest BCUT2D eigenvalue weighted by Gasteiger charge is -2.26. The summed E-state index contributed by atoms with van der Waals surface area (Å²) in [6.07, 6.45) is 1.04. The third kappa shape index (κ3) is 6.57. The fourth-order valence-corrected chi connectivity index (χ4v) is 3.96. The molecule has 0 bridgehead atoms. The topological polar surface area (TPSA) is 86.7 Å². The van der Waals surface area contributed by atoms with E-state index in [4.69, 9.17) is 5.11 Å². The first-order valence-electron chi connectivity index (χ1n) is 10.3. The number of carbonyl (C=O) groups is 3. The van der Waals surface area contributed by atoms with Gasteiger partial charge in [0.2, 0.25) is 11.8 Å². The average Bonchev–Trinajstić information content (AvgIpc) is 2.81. The molecule has 2 N–H and O–H groups in total. The summed E-state index contributed by atoms with van der Waals surface area (Å²) in [5.74, 6) is -1.71. The second-order valence-corrected chi connectivity index (χ2v) is 8.67. The largest absolute Gasteiger partial charge is 0.478 e. The Balaban J connectivity index is 1.71. The van der Waals surface area contributed by atoms with Crippen LogP contribution in [0, 0.1) is 0 Å². The standard InChI is InChI=1S/C26H24N2O4S/c1-18(26(31)32)17-24(29)27-20-13-15-23(16-14-20)33-19(2)25(30)28(21-9-5-3-6-10-21)22-11-7-4-8-12-22/h3-17,19H,1-2H3,(H,27,29)(H,31,32)/b18-17+/t19-/m0/s1. The number of benzene rings is 3. The molecule has 0 aromatic heterocycles. The zero-order valence-corrected chi connectivity index (χ0v) is 19.1. The van der Waals surface area contributed by atoms with Gasteiger partial charge in [-0.3, -0.25) is 14.5 Å². The summed E-state index contributed by atoms with van der Waals surface area (Å²) in [7, 11) is 0. The third-order valence-electron chi connectivity index (χ3n) is 4.72. The highest BCUT2D eigenvalue weighted by Gasteiger charge is 2.24. The number of nitrogens with one attached hydrogen (secondary N) is 1. The van der Waals surface area contributed by atoms with E-state index < -0.39 is 11.9 Å². The van der Waals surface area contributed by atoms with Crippen molar-refractivity contribution in [2.75, 3.05) is 10.2 Å². The number of amides is 2. The number of hydrogen-bond donors (Lipinski definition) is 2. The smallest absolute Gasteiger partial charge is 0.331 e. The fraction of sp³-hybridized carbons (Fsp3) is 0.115. The second-order valence-electron chi connectivity index (χ2n) is 7.25. The minimum Gasteiger partial charge on any atom is -0.478 e. The molecule has 0 aliphatic rings. The molecule has 0 fully saturated rings. The molecule has 0 heterocycles. The Bertz CT molecular complexity index is 1110. The van der Waals surface area contributed by atoms with Gasteiger partial charge in [-0.1, -0.05) is 36.4 Å². The quantitative estimate of drug-likeness (QED) is 0.342. The molecular formula is C26H24N2O4S. The summed E-state index contributed by atoms with van der Waals surface area (Å²) in [5, 5.41) is 11.1. The predicted octanol–water partition coefficient (Wildman–Crippen LogP) is 5.50. The number of anilines is 3. The van der Waals surface area contributed by atoms with Gasteiger partial charge in [-0.15, -0.1) is 11.8 Å². The molecule has 3 rings (SSSR count). The molecule has 7 heteroatoms. The van der Waals surface area contributed by atoms with E-state index in [1.807, 2.05) is 79.7 Å². The number of thioether (sulfide) groups is 1. The van der Waals surface area contributed by atoms with Crippen LogP contribution < -0.4 is 10.2 Å². The van der Waals surface area contributed by atoms with Crippen molar-refractivity contribution >= 4 is 46.6 Å². The van der Waals surface area contributed by atoms with E-state index in [1.54, 1.807) is 17.0 Å². The first-order valence-corrected chi connectivity index (χ1v) is 11.2. The molecule has 2 amide bonds. The van der Waals surface area contributed by atoms with E-state index in [0.29, 0.717) is 5.69 Å². The molecule has 168 valence electrons. The van der Waals surface area contributed by atoms with Gasteiger partial charge < -0.3 is 10.4 Å². The van der Waals surface area contributed by atoms with Gasteiger partial charge in [0, 0.05) is 33.6 Å². The zero-order chi connectivity index (χ0) is 23.8. The number of carboxylic acids is 1. The molecule has 6 nitrogen and oxygen atoms in total. The van der Waals surface area contributed by atoms with E-state index in [9.17, 15) is 14.4 Å². The normalized spacial score (nSPS) is 12.0. The van der Waals surface area contributed by atoms with Gasteiger partial charge in [-0.05, 0) is 62.4 Å². The highest BCUT2D eigenvalue weighted by Crippen LogP contribution is 2.31. The Labute approximate surface area is 196 Å². The molecule has 0 saturated carbocycles. The van der Waals surface area contributed by atoms with E-state index in [1.165, 1.54) is 18.7 Å². The maximum absolute atomic E-state index is 13.4. The molecule has 33 heavy (non-hydrogen) atoms. The number of rotatable bonds is 8. The zero-order valence-electron chi connectivity index (χ0n) is 18.3. The Morgan fingerprint density at radius 3 is 1.88 bits per heavy atom. The monoisotopic (exact) mass is 460 g/mol. The van der Waals surface area contributed by atoms with Crippen molar-refractivity contribution in [2.24, 2.45) is 0 Å². The van der Waals surface area contributed by atoms with Crippen LogP contribution in [-0.4, -0.2) is 28.1 Å². The fourth-order valence-electron chi connectivity index (χ4n) is 3.05. The van der Waals surface area contributed by atoms with Gasteiger partial charge in [0.1, 0.15) is 0 Å². The van der Waals surface area contributed by atoms with Gasteiger partial charge in [-0.25, -0.2) is 4.79 Å². The molecule has 0 unspecified atom stereocenters. The van der Waals surface area contributed by atoms with Crippen LogP contribution in [0.25, 0.3) is 0 Å². The van der Waals surface area contributed by atoms with Gasteiger partial charge in [0.25, 0.3) is 0 Å². The highest BCUT2D eigenvalue weighted by molar-refractivity contribution is 8.00. The van der Waals surface area contributed by atoms with Crippen molar-refractivity contribution in [1.29, 1.82) is 0 Å². The van der Waals surface area contributed by atoms with Crippen molar-refractivity contribution in [1.82, 2.24) is 0 Å². The van der Waals surface area contributed by atoms with Crippen LogP contribution in [0.4, 0.5) is 17.1 Å². The molecule has 0 radical (unpaired) electrons. The average molecular weight is 461 g/mol. The third-order valence-corrected chi connectivity index (χ3v) is 5.82. The van der Waals surface area contributed by atoms with Crippen LogP contribution >= 0.6 is 11.8 Å². The maximum atomic E-state index is 13.4. The lowest BCUT2D eigenvalue weighted by Crippen LogP contribution is -2.32. The Morgan fingerprint density at radius 2 is 1.39 bits per heavy atom. The molecule has 3 aromatic rings. The number of carboxylic acid groups (broad SMARTS) is 1. The Hall–Kier alpha value is -3.84. The van der Waals surface area contributed by atoms with E-state index in [0.717, 1.165) is 22.3 Å². The first-order chi connectivity index (χ1) is 15.8. The number of carbonyl (C=O) groups excluding carboxylic acids is 2. The van der Waals surface area contributed by atoms with Crippen molar-refractivity contribution < 1.29 is 19.5 Å². The molecule has 0 saturated heterocycles. The van der Waals surface area contributed by atoms with E-state index in [-0.39, 0.29) is 16.7 Å². The van der Waals surface area contributed by atoms with Crippen LogP contribution in [0.3, 0.4) is 0 Å². The van der Waals surface area contributed by atoms with Crippen molar-refractivity contribution in [3.63, 3.8) is 0 Å². The molecule has 0 aliphatic carbocycles. The summed E-state index contributed by atoms with van der Waals surface area (Å²) < 4.78 is 0. The van der Waals surface area contributed by atoms with Gasteiger partial charge in [-0.2, -0.15) is 0 Å². The minimum absolute atomic E-state index is 0.0478. The summed E-state index contributed by atoms with van der Waals surface area (Å²) in [5.41, 5.74) is 2.08. The van der Waals surface area contributed by atoms with Crippen LogP contribution in [0.1, 0.15) is 13.8 Å². The van der Waals surface area contributed by atoms with E-state index >= 15 is 0 Å². The van der Waals surface area contributed by atoms with Crippen LogP contribution in [0.5, 0.6) is 0 Å². The number of para-hydroxylation sites is 2.